The molecule has 0 bridgehead atoms. The van der Waals surface area contributed by atoms with Crippen LogP contribution in [0.15, 0.2) is 164 Å². The van der Waals surface area contributed by atoms with Crippen LogP contribution >= 0.6 is 0 Å². The van der Waals surface area contributed by atoms with Gasteiger partial charge in [0.15, 0.2) is 0 Å². The molecule has 3 nitrogen and oxygen atoms in total. The summed E-state index contributed by atoms with van der Waals surface area (Å²) in [6, 6.07) is 58.2. The lowest BCUT2D eigenvalue weighted by Gasteiger charge is -2.16. The van der Waals surface area contributed by atoms with Crippen LogP contribution in [0.5, 0.6) is 0 Å². The topological polar surface area (TPSA) is 30.7 Å². The first-order chi connectivity index (χ1) is 23.3. The summed E-state index contributed by atoms with van der Waals surface area (Å²) in [5.41, 5.74) is 9.15. The number of fused-ring (bicyclic) bond motifs is 10. The number of aromatic nitrogens is 3. The SMILES string of the molecule is c1cc(-c2nc3c4ccccc4c4ccccc4c3nc2-c2cccc3ccccc23)cc(-n2c3ccccc3c3ccccc32)c1. The summed E-state index contributed by atoms with van der Waals surface area (Å²) in [6.07, 6.45) is 0. The Hall–Kier alpha value is -6.32. The van der Waals surface area contributed by atoms with Crippen LogP contribution in [0.3, 0.4) is 0 Å². The van der Waals surface area contributed by atoms with E-state index in [1.807, 2.05) is 0 Å². The van der Waals surface area contributed by atoms with Gasteiger partial charge < -0.3 is 4.57 Å². The van der Waals surface area contributed by atoms with E-state index in [2.05, 4.69) is 168 Å². The van der Waals surface area contributed by atoms with Crippen LogP contribution < -0.4 is 0 Å². The molecule has 0 saturated heterocycles. The zero-order valence-electron chi connectivity index (χ0n) is 25.4. The number of hydrogen-bond acceptors (Lipinski definition) is 2. The van der Waals surface area contributed by atoms with Crippen LogP contribution in [0.1, 0.15) is 0 Å². The van der Waals surface area contributed by atoms with E-state index in [1.165, 1.54) is 38.0 Å². The minimum atomic E-state index is 0.872. The van der Waals surface area contributed by atoms with Crippen LogP contribution in [-0.4, -0.2) is 14.5 Å². The highest BCUT2D eigenvalue weighted by Crippen LogP contribution is 2.40. The summed E-state index contributed by atoms with van der Waals surface area (Å²) >= 11 is 0. The van der Waals surface area contributed by atoms with Crippen molar-refractivity contribution in [3.05, 3.63) is 164 Å². The molecule has 47 heavy (non-hydrogen) atoms. The molecule has 3 heteroatoms. The van der Waals surface area contributed by atoms with Crippen LogP contribution in [0, 0.1) is 0 Å². The molecule has 8 aromatic carbocycles. The molecule has 2 aromatic heterocycles. The number of para-hydroxylation sites is 2. The van der Waals surface area contributed by atoms with Crippen molar-refractivity contribution < 1.29 is 0 Å². The Bertz CT molecular complexity index is 2800. The first-order valence-electron chi connectivity index (χ1n) is 16.0. The van der Waals surface area contributed by atoms with Crippen molar-refractivity contribution >= 4 is 65.2 Å². The second-order valence-electron chi connectivity index (χ2n) is 12.2. The molecular weight excluding hydrogens is 571 g/mol. The summed E-state index contributed by atoms with van der Waals surface area (Å²) < 4.78 is 2.36. The maximum atomic E-state index is 5.58. The van der Waals surface area contributed by atoms with Crippen molar-refractivity contribution in [2.24, 2.45) is 0 Å². The maximum Gasteiger partial charge on any atom is 0.0979 e. The Balaban J connectivity index is 1.33. The number of hydrogen-bond donors (Lipinski definition) is 0. The largest absolute Gasteiger partial charge is 0.309 e. The summed E-state index contributed by atoms with van der Waals surface area (Å²) in [6.45, 7) is 0. The lowest BCUT2D eigenvalue weighted by molar-refractivity contribution is 1.18. The molecule has 10 aromatic rings. The number of rotatable bonds is 3. The second-order valence-corrected chi connectivity index (χ2v) is 12.2. The molecule has 0 atom stereocenters. The zero-order valence-corrected chi connectivity index (χ0v) is 25.4. The zero-order chi connectivity index (χ0) is 30.9. The first-order valence-corrected chi connectivity index (χ1v) is 16.0. The smallest absolute Gasteiger partial charge is 0.0979 e. The molecule has 0 spiro atoms. The van der Waals surface area contributed by atoms with E-state index >= 15 is 0 Å². The molecule has 0 radical (unpaired) electrons. The molecule has 0 aliphatic rings. The third-order valence-electron chi connectivity index (χ3n) is 9.55. The number of benzene rings is 8. The molecular formula is C44H27N3. The summed E-state index contributed by atoms with van der Waals surface area (Å²) in [5.74, 6) is 0. The van der Waals surface area contributed by atoms with E-state index in [4.69, 9.17) is 9.97 Å². The van der Waals surface area contributed by atoms with E-state index in [0.29, 0.717) is 0 Å². The highest BCUT2D eigenvalue weighted by atomic mass is 15.0. The third kappa shape index (κ3) is 3.87. The van der Waals surface area contributed by atoms with Gasteiger partial charge in [-0.25, -0.2) is 9.97 Å². The van der Waals surface area contributed by atoms with Gasteiger partial charge in [-0.15, -0.1) is 0 Å². The van der Waals surface area contributed by atoms with Gasteiger partial charge in [0.2, 0.25) is 0 Å². The predicted octanol–water partition coefficient (Wildman–Crippen LogP) is 11.5. The summed E-state index contributed by atoms with van der Waals surface area (Å²) in [7, 11) is 0. The van der Waals surface area contributed by atoms with Crippen molar-refractivity contribution in [1.29, 1.82) is 0 Å². The van der Waals surface area contributed by atoms with Crippen molar-refractivity contribution in [3.8, 4) is 28.2 Å². The van der Waals surface area contributed by atoms with Gasteiger partial charge >= 0.3 is 0 Å². The lowest BCUT2D eigenvalue weighted by Crippen LogP contribution is -1.99. The minimum Gasteiger partial charge on any atom is -0.309 e. The molecule has 2 heterocycles. The van der Waals surface area contributed by atoms with Gasteiger partial charge in [-0.1, -0.05) is 140 Å². The Labute approximate surface area is 271 Å². The van der Waals surface area contributed by atoms with E-state index in [-0.39, 0.29) is 0 Å². The Morgan fingerprint density at radius 3 is 1.51 bits per heavy atom. The Morgan fingerprint density at radius 1 is 0.362 bits per heavy atom. The molecule has 0 amide bonds. The van der Waals surface area contributed by atoms with Crippen LogP contribution in [0.4, 0.5) is 0 Å². The average Bonchev–Trinajstić information content (AvgIpc) is 3.49. The molecule has 0 aliphatic heterocycles. The van der Waals surface area contributed by atoms with Crippen LogP contribution in [0.25, 0.3) is 93.4 Å². The normalized spacial score (nSPS) is 11.8. The molecule has 10 rings (SSSR count). The van der Waals surface area contributed by atoms with E-state index in [9.17, 15) is 0 Å². The third-order valence-corrected chi connectivity index (χ3v) is 9.55. The lowest BCUT2D eigenvalue weighted by atomic mass is 9.96. The first kappa shape index (κ1) is 26.0. The fourth-order valence-electron chi connectivity index (χ4n) is 7.47. The number of nitrogens with zero attached hydrogens (tertiary/aromatic N) is 3. The Morgan fingerprint density at radius 2 is 0.851 bits per heavy atom. The standard InChI is InChI=1S/C44H27N3/c1-2-17-31-28(13-1)14-12-24-36(31)42-41(45-43-37-22-5-3-18-32(37)33-19-4-6-23-38(33)44(43)46-42)29-15-11-16-30(27-29)47-39-25-9-7-20-34(39)35-21-8-10-26-40(35)47/h1-27H. The molecule has 218 valence electrons. The molecule has 0 unspecified atom stereocenters. The van der Waals surface area contributed by atoms with Crippen molar-refractivity contribution in [3.63, 3.8) is 0 Å². The highest BCUT2D eigenvalue weighted by Gasteiger charge is 2.20. The van der Waals surface area contributed by atoms with Crippen LogP contribution in [0.2, 0.25) is 0 Å². The molecule has 0 saturated carbocycles. The predicted molar refractivity (Wildman–Crippen MR) is 197 cm³/mol. The van der Waals surface area contributed by atoms with E-state index < -0.39 is 0 Å². The monoisotopic (exact) mass is 597 g/mol. The van der Waals surface area contributed by atoms with Gasteiger partial charge in [0.1, 0.15) is 0 Å². The van der Waals surface area contributed by atoms with Gasteiger partial charge in [0.25, 0.3) is 0 Å². The quantitative estimate of drug-likeness (QED) is 0.190. The summed E-state index contributed by atoms with van der Waals surface area (Å²) in [4.78, 5) is 11.2. The highest BCUT2D eigenvalue weighted by molar-refractivity contribution is 6.23. The van der Waals surface area contributed by atoms with Gasteiger partial charge in [-0.05, 0) is 45.8 Å². The van der Waals surface area contributed by atoms with Crippen molar-refractivity contribution in [1.82, 2.24) is 14.5 Å². The van der Waals surface area contributed by atoms with E-state index in [1.54, 1.807) is 0 Å². The summed E-state index contributed by atoms with van der Waals surface area (Å²) in [5, 5.41) is 9.43. The average molecular weight is 598 g/mol. The van der Waals surface area contributed by atoms with Gasteiger partial charge in [-0.2, -0.15) is 0 Å². The fourth-order valence-corrected chi connectivity index (χ4v) is 7.47. The van der Waals surface area contributed by atoms with E-state index in [0.717, 1.165) is 55.4 Å². The van der Waals surface area contributed by atoms with Crippen molar-refractivity contribution in [2.75, 3.05) is 0 Å². The molecule has 0 aliphatic carbocycles. The van der Waals surface area contributed by atoms with Crippen molar-refractivity contribution in [2.45, 2.75) is 0 Å². The molecule has 0 fully saturated rings. The minimum absolute atomic E-state index is 0.872. The second kappa shape index (κ2) is 10.1. The fraction of sp³-hybridized carbons (Fsp3) is 0. The van der Waals surface area contributed by atoms with Gasteiger partial charge in [0.05, 0.1) is 33.5 Å². The van der Waals surface area contributed by atoms with Gasteiger partial charge in [-0.3, -0.25) is 0 Å². The maximum absolute atomic E-state index is 5.58. The Kier molecular flexibility index (Phi) is 5.57. The van der Waals surface area contributed by atoms with Gasteiger partial charge in [0, 0.05) is 38.4 Å². The van der Waals surface area contributed by atoms with Crippen LogP contribution in [-0.2, 0) is 0 Å². The molecule has 0 N–H and O–H groups in total.